The Kier molecular flexibility index (Phi) is 8.06. The summed E-state index contributed by atoms with van der Waals surface area (Å²) in [5.74, 6) is 0.227. The molecule has 3 rings (SSSR count). The highest BCUT2D eigenvalue weighted by molar-refractivity contribution is 5.98. The number of methoxy groups -OCH3 is 1. The summed E-state index contributed by atoms with van der Waals surface area (Å²) in [7, 11) is 1.60. The van der Waals surface area contributed by atoms with E-state index in [1.807, 2.05) is 57.2 Å². The number of ether oxygens (including phenoxy) is 2. The van der Waals surface area contributed by atoms with Crippen LogP contribution in [0.2, 0.25) is 0 Å². The largest absolute Gasteiger partial charge is 0.496 e. The molecule has 0 bridgehead atoms. The van der Waals surface area contributed by atoms with Gasteiger partial charge in [-0.2, -0.15) is 0 Å². The first-order chi connectivity index (χ1) is 15.4. The predicted octanol–water partition coefficient (Wildman–Crippen LogP) is 4.28. The van der Waals surface area contributed by atoms with Crippen LogP contribution >= 0.6 is 0 Å². The summed E-state index contributed by atoms with van der Waals surface area (Å²) in [5.41, 5.74) is 4.77. The van der Waals surface area contributed by atoms with Crippen molar-refractivity contribution in [2.75, 3.05) is 32.1 Å². The third kappa shape index (κ3) is 6.20. The number of hydrogen-bond acceptors (Lipinski definition) is 4. The van der Waals surface area contributed by atoms with Gasteiger partial charge in [0.05, 0.1) is 13.2 Å². The van der Waals surface area contributed by atoms with Crippen LogP contribution in [0.3, 0.4) is 0 Å². The number of hydrogen-bond donors (Lipinski definition) is 1. The van der Waals surface area contributed by atoms with Crippen molar-refractivity contribution in [2.45, 2.75) is 39.7 Å². The van der Waals surface area contributed by atoms with Gasteiger partial charge in [0.1, 0.15) is 12.3 Å². The Hall–Kier alpha value is -3.12. The van der Waals surface area contributed by atoms with E-state index in [1.54, 1.807) is 18.1 Å². The molecule has 1 heterocycles. The average molecular weight is 437 g/mol. The van der Waals surface area contributed by atoms with Crippen molar-refractivity contribution in [1.82, 2.24) is 4.90 Å². The molecular weight excluding hydrogens is 404 g/mol. The van der Waals surface area contributed by atoms with Crippen LogP contribution < -0.4 is 10.1 Å². The minimum Gasteiger partial charge on any atom is -0.496 e. The molecule has 2 aromatic rings. The zero-order chi connectivity index (χ0) is 23.1. The van der Waals surface area contributed by atoms with E-state index >= 15 is 0 Å². The second kappa shape index (κ2) is 11.0. The molecule has 1 aliphatic rings. The topological polar surface area (TPSA) is 67.9 Å². The van der Waals surface area contributed by atoms with Crippen LogP contribution in [0.4, 0.5) is 5.69 Å². The van der Waals surface area contributed by atoms with Gasteiger partial charge in [0.15, 0.2) is 0 Å². The molecular formula is C26H32N2O4. The normalized spacial score (nSPS) is 15.7. The Labute approximate surface area is 190 Å². The van der Waals surface area contributed by atoms with Crippen molar-refractivity contribution < 1.29 is 19.1 Å². The van der Waals surface area contributed by atoms with Crippen molar-refractivity contribution in [2.24, 2.45) is 0 Å². The number of nitrogens with zero attached hydrogens (tertiary/aromatic N) is 1. The fourth-order valence-electron chi connectivity index (χ4n) is 3.77. The summed E-state index contributed by atoms with van der Waals surface area (Å²) in [6.45, 7) is 6.99. The maximum absolute atomic E-state index is 13.1. The fourth-order valence-corrected chi connectivity index (χ4v) is 3.77. The van der Waals surface area contributed by atoms with Gasteiger partial charge < -0.3 is 19.7 Å². The van der Waals surface area contributed by atoms with Gasteiger partial charge in [-0.25, -0.2) is 0 Å². The second-order valence-electron chi connectivity index (χ2n) is 8.23. The Balaban J connectivity index is 1.74. The molecule has 1 aliphatic heterocycles. The fraction of sp³-hybridized carbons (Fsp3) is 0.385. The van der Waals surface area contributed by atoms with Crippen molar-refractivity contribution in [3.8, 4) is 5.75 Å². The van der Waals surface area contributed by atoms with Gasteiger partial charge in [-0.05, 0) is 69.0 Å². The zero-order valence-electron chi connectivity index (χ0n) is 19.3. The van der Waals surface area contributed by atoms with Gasteiger partial charge in [-0.15, -0.1) is 0 Å². The molecule has 6 nitrogen and oxygen atoms in total. The first kappa shape index (κ1) is 23.5. The van der Waals surface area contributed by atoms with Gasteiger partial charge >= 0.3 is 0 Å². The summed E-state index contributed by atoms with van der Waals surface area (Å²) in [6, 6.07) is 11.6. The third-order valence-corrected chi connectivity index (χ3v) is 5.76. The highest BCUT2D eigenvalue weighted by atomic mass is 16.5. The molecule has 32 heavy (non-hydrogen) atoms. The van der Waals surface area contributed by atoms with Gasteiger partial charge in [0.2, 0.25) is 11.8 Å². The molecule has 2 amide bonds. The summed E-state index contributed by atoms with van der Waals surface area (Å²) < 4.78 is 11.1. The lowest BCUT2D eigenvalue weighted by atomic mass is 10.1. The summed E-state index contributed by atoms with van der Waals surface area (Å²) >= 11 is 0. The lowest BCUT2D eigenvalue weighted by molar-refractivity contribution is -0.131. The highest BCUT2D eigenvalue weighted by Gasteiger charge is 2.23. The molecule has 2 aromatic carbocycles. The van der Waals surface area contributed by atoms with Crippen LogP contribution in [0, 0.1) is 20.8 Å². The number of carbonyl (C=O) groups is 2. The van der Waals surface area contributed by atoms with Crippen LogP contribution in [-0.2, 0) is 14.3 Å². The molecule has 0 radical (unpaired) electrons. The Morgan fingerprint density at radius 2 is 2.03 bits per heavy atom. The van der Waals surface area contributed by atoms with E-state index < -0.39 is 0 Å². The van der Waals surface area contributed by atoms with Crippen LogP contribution in [0.15, 0.2) is 42.5 Å². The second-order valence-corrected chi connectivity index (χ2v) is 8.23. The molecule has 1 fully saturated rings. The zero-order valence-corrected chi connectivity index (χ0v) is 19.3. The van der Waals surface area contributed by atoms with Gasteiger partial charge in [-0.1, -0.05) is 23.8 Å². The molecule has 1 unspecified atom stereocenters. The SMILES string of the molecule is COc1ccc(C)cc1/C=C/C(=O)N(CC(=O)Nc1cccc(C)c1C)CC1CCCO1. The van der Waals surface area contributed by atoms with Gasteiger partial charge in [-0.3, -0.25) is 9.59 Å². The lowest BCUT2D eigenvalue weighted by Crippen LogP contribution is -2.41. The summed E-state index contributed by atoms with van der Waals surface area (Å²) in [4.78, 5) is 27.4. The van der Waals surface area contributed by atoms with Crippen LogP contribution in [-0.4, -0.2) is 49.6 Å². The van der Waals surface area contributed by atoms with E-state index in [9.17, 15) is 9.59 Å². The molecule has 6 heteroatoms. The maximum Gasteiger partial charge on any atom is 0.247 e. The molecule has 0 spiro atoms. The average Bonchev–Trinajstić information content (AvgIpc) is 3.28. The van der Waals surface area contributed by atoms with E-state index in [-0.39, 0.29) is 24.5 Å². The number of benzene rings is 2. The van der Waals surface area contributed by atoms with Crippen LogP contribution in [0.1, 0.15) is 35.1 Å². The predicted molar refractivity (Wildman–Crippen MR) is 127 cm³/mol. The summed E-state index contributed by atoms with van der Waals surface area (Å²) in [5, 5.41) is 2.94. The van der Waals surface area contributed by atoms with Gasteiger partial charge in [0, 0.05) is 30.5 Å². The van der Waals surface area contributed by atoms with Crippen molar-refractivity contribution in [3.05, 3.63) is 64.7 Å². The number of aryl methyl sites for hydroxylation is 2. The molecule has 1 N–H and O–H groups in total. The number of carbonyl (C=O) groups excluding carboxylic acids is 2. The Morgan fingerprint density at radius 3 is 2.75 bits per heavy atom. The number of rotatable bonds is 8. The lowest BCUT2D eigenvalue weighted by Gasteiger charge is -2.24. The van der Waals surface area contributed by atoms with Crippen molar-refractivity contribution in [1.29, 1.82) is 0 Å². The third-order valence-electron chi connectivity index (χ3n) is 5.76. The minimum atomic E-state index is -0.236. The molecule has 1 atom stereocenters. The number of nitrogens with one attached hydrogen (secondary N) is 1. The molecule has 0 saturated carbocycles. The van der Waals surface area contributed by atoms with Gasteiger partial charge in [0.25, 0.3) is 0 Å². The van der Waals surface area contributed by atoms with Crippen molar-refractivity contribution in [3.63, 3.8) is 0 Å². The first-order valence-corrected chi connectivity index (χ1v) is 11.0. The number of amides is 2. The molecule has 0 aromatic heterocycles. The molecule has 0 aliphatic carbocycles. The molecule has 1 saturated heterocycles. The number of anilines is 1. The highest BCUT2D eigenvalue weighted by Crippen LogP contribution is 2.22. The first-order valence-electron chi connectivity index (χ1n) is 11.0. The standard InChI is InChI=1S/C26H32N2O4/c1-18-10-12-24(31-4)21(15-18)11-13-26(30)28(16-22-8-6-14-32-22)17-25(29)27-23-9-5-7-19(2)20(23)3/h5,7,9-13,15,22H,6,8,14,16-17H2,1-4H3,(H,27,29)/b13-11+. The van der Waals surface area contributed by atoms with E-state index in [0.717, 1.165) is 40.8 Å². The van der Waals surface area contributed by atoms with E-state index in [0.29, 0.717) is 18.9 Å². The van der Waals surface area contributed by atoms with Crippen LogP contribution in [0.25, 0.3) is 6.08 Å². The van der Waals surface area contributed by atoms with Crippen LogP contribution in [0.5, 0.6) is 5.75 Å². The Morgan fingerprint density at radius 1 is 1.22 bits per heavy atom. The molecule has 170 valence electrons. The minimum absolute atomic E-state index is 0.0403. The Bertz CT molecular complexity index is 993. The van der Waals surface area contributed by atoms with Crippen molar-refractivity contribution >= 4 is 23.6 Å². The summed E-state index contributed by atoms with van der Waals surface area (Å²) in [6.07, 6.45) is 5.04. The maximum atomic E-state index is 13.1. The quantitative estimate of drug-likeness (QED) is 0.627. The monoisotopic (exact) mass is 436 g/mol. The van der Waals surface area contributed by atoms with E-state index in [4.69, 9.17) is 9.47 Å². The van der Waals surface area contributed by atoms with E-state index in [1.165, 1.54) is 6.08 Å². The van der Waals surface area contributed by atoms with E-state index in [2.05, 4.69) is 5.32 Å². The smallest absolute Gasteiger partial charge is 0.247 e.